The number of nitrogens with two attached hydrogens (primary N) is 1. The van der Waals surface area contributed by atoms with Crippen LogP contribution >= 0.6 is 7.82 Å². The van der Waals surface area contributed by atoms with Crippen molar-refractivity contribution in [3.05, 3.63) is 78.0 Å². The van der Waals surface area contributed by atoms with Crippen molar-refractivity contribution in [3.8, 4) is 0 Å². The summed E-state index contributed by atoms with van der Waals surface area (Å²) in [7, 11) is -5.06. The molecule has 3 aromatic rings. The molecule has 17 nitrogen and oxygen atoms in total. The number of hydrogen-bond acceptors (Lipinski definition) is 10. The third-order valence-electron chi connectivity index (χ3n) is 9.88. The number of pyridine rings is 1. The van der Waals surface area contributed by atoms with E-state index in [1.54, 1.807) is 60.4 Å². The maximum Gasteiger partial charge on any atom is 0.469 e. The van der Waals surface area contributed by atoms with Crippen LogP contribution in [0.3, 0.4) is 0 Å². The van der Waals surface area contributed by atoms with Crippen LogP contribution in [0.2, 0.25) is 0 Å². The number of hydrogen-bond donors (Lipinski definition) is 7. The average molecular weight is 810 g/mol. The van der Waals surface area contributed by atoms with E-state index in [9.17, 15) is 43.1 Å². The summed E-state index contributed by atoms with van der Waals surface area (Å²) in [5, 5.41) is 11.3. The van der Waals surface area contributed by atoms with E-state index in [0.29, 0.717) is 18.4 Å². The number of rotatable bonds is 19. The zero-order valence-electron chi connectivity index (χ0n) is 32.4. The Hall–Kier alpha value is -5.06. The summed E-state index contributed by atoms with van der Waals surface area (Å²) in [5.74, 6) is -4.86. The van der Waals surface area contributed by atoms with Crippen molar-refractivity contribution in [2.45, 2.75) is 90.0 Å². The largest absolute Gasteiger partial charge is 0.469 e. The fraction of sp³-hybridized carbons (Fsp3) is 0.462. The van der Waals surface area contributed by atoms with Crippen LogP contribution in [0.4, 0.5) is 0 Å². The fourth-order valence-electron chi connectivity index (χ4n) is 6.83. The van der Waals surface area contributed by atoms with Crippen molar-refractivity contribution < 1.29 is 47.6 Å². The number of primary amides is 1. The predicted molar refractivity (Wildman–Crippen MR) is 210 cm³/mol. The minimum atomic E-state index is -5.06. The maximum atomic E-state index is 14.1. The van der Waals surface area contributed by atoms with E-state index in [0.717, 1.165) is 5.39 Å². The quantitative estimate of drug-likeness (QED) is 0.0860. The first-order chi connectivity index (χ1) is 27.0. The summed E-state index contributed by atoms with van der Waals surface area (Å²) in [5.41, 5.74) is 6.28. The van der Waals surface area contributed by atoms with Gasteiger partial charge in [0.2, 0.25) is 23.6 Å². The van der Waals surface area contributed by atoms with E-state index in [2.05, 4.69) is 26.3 Å². The van der Waals surface area contributed by atoms with E-state index in [1.165, 1.54) is 6.07 Å². The summed E-state index contributed by atoms with van der Waals surface area (Å²) in [4.78, 5) is 105. The summed E-state index contributed by atoms with van der Waals surface area (Å²) in [6.07, 6.45) is 0.877. The van der Waals surface area contributed by atoms with Gasteiger partial charge in [-0.1, -0.05) is 76.6 Å². The molecule has 1 aromatic heterocycles. The summed E-state index contributed by atoms with van der Waals surface area (Å²) in [6.45, 7) is 6.92. The molecule has 0 bridgehead atoms. The first kappa shape index (κ1) is 44.7. The lowest BCUT2D eigenvalue weighted by Gasteiger charge is -2.39. The number of carbonyl (C=O) groups excluding carboxylic acids is 6. The minimum Gasteiger partial charge on any atom is -0.370 e. The normalized spacial score (nSPS) is 17.2. The van der Waals surface area contributed by atoms with Gasteiger partial charge in [0.1, 0.15) is 17.8 Å². The standard InChI is InChI=1S/C39H52N7O10P/c1-5-24(4)34(39(52)45-35(48)26-13-7-6-8-14-26)44-38(51)31-16-11-19-46(31)32(22-56-57(53,54)55)29(20-23(2)3)42-37(50)30(21-33(40)47)43-36(49)28-18-17-25-12-9-10-15-27(25)41-28/h6-10,12-15,17-18,23-24,29-32,34H,5,11,16,19-22H2,1-4H3,(H2,40,47)(H,42,50)(H,43,49)(H,44,51)(H,45,48,52)(H2,53,54,55)/t24?,29-,30?,31-,32?,34-/m0/s1. The van der Waals surface area contributed by atoms with Crippen LogP contribution in [0.25, 0.3) is 10.9 Å². The van der Waals surface area contributed by atoms with Gasteiger partial charge in [-0.3, -0.25) is 43.5 Å². The molecule has 308 valence electrons. The lowest BCUT2D eigenvalue weighted by atomic mass is 9.94. The van der Waals surface area contributed by atoms with Crippen LogP contribution in [0.1, 0.15) is 80.6 Å². The molecule has 1 fully saturated rings. The molecule has 8 N–H and O–H groups in total. The van der Waals surface area contributed by atoms with Gasteiger partial charge in [-0.15, -0.1) is 0 Å². The molecule has 57 heavy (non-hydrogen) atoms. The van der Waals surface area contributed by atoms with Crippen molar-refractivity contribution in [1.82, 2.24) is 31.2 Å². The third-order valence-corrected chi connectivity index (χ3v) is 10.4. The molecule has 0 spiro atoms. The second kappa shape index (κ2) is 20.4. The number of nitrogens with zero attached hydrogens (tertiary/aromatic N) is 2. The van der Waals surface area contributed by atoms with E-state index in [-0.39, 0.29) is 36.6 Å². The Kier molecular flexibility index (Phi) is 16.0. The van der Waals surface area contributed by atoms with Crippen LogP contribution in [0.15, 0.2) is 66.7 Å². The molecule has 1 aliphatic rings. The zero-order valence-corrected chi connectivity index (χ0v) is 33.3. The van der Waals surface area contributed by atoms with Crippen molar-refractivity contribution in [1.29, 1.82) is 0 Å². The van der Waals surface area contributed by atoms with E-state index in [1.807, 2.05) is 32.9 Å². The molecule has 3 unspecified atom stereocenters. The lowest BCUT2D eigenvalue weighted by molar-refractivity contribution is -0.133. The Balaban J connectivity index is 1.59. The first-order valence-corrected chi connectivity index (χ1v) is 20.4. The molecule has 6 amide bonds. The highest BCUT2D eigenvalue weighted by Gasteiger charge is 2.42. The molecule has 1 aliphatic heterocycles. The molecular formula is C39H52N7O10P. The Labute approximate surface area is 331 Å². The van der Waals surface area contributed by atoms with E-state index >= 15 is 0 Å². The first-order valence-electron chi connectivity index (χ1n) is 18.9. The number of para-hydroxylation sites is 1. The molecule has 2 heterocycles. The third kappa shape index (κ3) is 13.0. The Morgan fingerprint density at radius 1 is 0.912 bits per heavy atom. The molecule has 1 saturated heterocycles. The number of phosphoric ester groups is 1. The molecule has 0 aliphatic carbocycles. The van der Waals surface area contributed by atoms with Gasteiger partial charge < -0.3 is 31.5 Å². The number of nitrogens with one attached hydrogen (secondary N) is 4. The van der Waals surface area contributed by atoms with Gasteiger partial charge in [-0.25, -0.2) is 9.55 Å². The Morgan fingerprint density at radius 3 is 2.25 bits per heavy atom. The highest BCUT2D eigenvalue weighted by molar-refractivity contribution is 7.46. The molecule has 0 saturated carbocycles. The Bertz CT molecular complexity index is 1960. The van der Waals surface area contributed by atoms with Gasteiger partial charge in [0.15, 0.2) is 0 Å². The summed E-state index contributed by atoms with van der Waals surface area (Å²) in [6, 6.07) is 12.9. The van der Waals surface area contributed by atoms with Crippen LogP contribution < -0.4 is 27.0 Å². The number of benzene rings is 2. The van der Waals surface area contributed by atoms with Crippen molar-refractivity contribution in [2.75, 3.05) is 13.2 Å². The topological polar surface area (TPSA) is 259 Å². The average Bonchev–Trinajstić information content (AvgIpc) is 3.65. The second-order valence-electron chi connectivity index (χ2n) is 14.6. The van der Waals surface area contributed by atoms with Gasteiger partial charge in [0.25, 0.3) is 11.8 Å². The maximum absolute atomic E-state index is 14.1. The lowest BCUT2D eigenvalue weighted by Crippen LogP contribution is -2.61. The Morgan fingerprint density at radius 2 is 1.60 bits per heavy atom. The van der Waals surface area contributed by atoms with Gasteiger partial charge in [0.05, 0.1) is 30.6 Å². The van der Waals surface area contributed by atoms with Crippen LogP contribution in [0.5, 0.6) is 0 Å². The van der Waals surface area contributed by atoms with Crippen LogP contribution in [-0.2, 0) is 28.3 Å². The van der Waals surface area contributed by atoms with Gasteiger partial charge in [-0.2, -0.15) is 0 Å². The molecule has 2 aromatic carbocycles. The number of fused-ring (bicyclic) bond motifs is 1. The highest BCUT2D eigenvalue weighted by atomic mass is 31.2. The SMILES string of the molecule is CCC(C)[C@H](NC(=O)[C@@H]1CCCN1C(COP(=O)(O)O)[C@H](CC(C)C)NC(=O)C(CC(N)=O)NC(=O)c1ccc2ccccc2n1)C(=O)NC(=O)c1ccccc1. The smallest absolute Gasteiger partial charge is 0.370 e. The minimum absolute atomic E-state index is 0.0117. The number of aromatic nitrogens is 1. The van der Waals surface area contributed by atoms with Crippen LogP contribution in [0, 0.1) is 11.8 Å². The van der Waals surface area contributed by atoms with Gasteiger partial charge in [0, 0.05) is 17.0 Å². The number of imide groups is 1. The molecule has 6 atom stereocenters. The fourth-order valence-corrected chi connectivity index (χ4v) is 7.17. The number of phosphoric acid groups is 1. The zero-order chi connectivity index (χ0) is 41.9. The second-order valence-corrected chi connectivity index (χ2v) is 15.9. The monoisotopic (exact) mass is 809 g/mol. The summed E-state index contributed by atoms with van der Waals surface area (Å²) >= 11 is 0. The molecular weight excluding hydrogens is 757 g/mol. The number of carbonyl (C=O) groups is 6. The van der Waals surface area contributed by atoms with Crippen molar-refractivity contribution in [2.24, 2.45) is 17.6 Å². The van der Waals surface area contributed by atoms with Crippen molar-refractivity contribution >= 4 is 54.2 Å². The highest BCUT2D eigenvalue weighted by Crippen LogP contribution is 2.37. The number of likely N-dealkylation sites (tertiary alicyclic amines) is 1. The van der Waals surface area contributed by atoms with Crippen molar-refractivity contribution in [3.63, 3.8) is 0 Å². The van der Waals surface area contributed by atoms with E-state index < -0.39 is 92.4 Å². The van der Waals surface area contributed by atoms with Crippen LogP contribution in [-0.4, -0.2) is 98.5 Å². The van der Waals surface area contributed by atoms with Gasteiger partial charge in [-0.05, 0) is 61.9 Å². The summed E-state index contributed by atoms with van der Waals surface area (Å²) < 4.78 is 17.0. The predicted octanol–water partition coefficient (Wildman–Crippen LogP) is 2.17. The number of amides is 6. The molecule has 18 heteroatoms. The molecule has 0 radical (unpaired) electrons. The van der Waals surface area contributed by atoms with Gasteiger partial charge >= 0.3 is 7.82 Å². The van der Waals surface area contributed by atoms with E-state index in [4.69, 9.17) is 10.3 Å². The molecule has 4 rings (SSSR count).